The lowest BCUT2D eigenvalue weighted by Crippen LogP contribution is -2.33. The second-order valence-electron chi connectivity index (χ2n) is 6.30. The molecular formula is C21H23NO7. The van der Waals surface area contributed by atoms with Gasteiger partial charge in [-0.15, -0.1) is 0 Å². The van der Waals surface area contributed by atoms with Gasteiger partial charge in [-0.05, 0) is 43.3 Å². The smallest absolute Gasteiger partial charge is 0.295 e. The number of rotatable bonds is 9. The van der Waals surface area contributed by atoms with E-state index >= 15 is 0 Å². The van der Waals surface area contributed by atoms with Crippen LogP contribution in [0.1, 0.15) is 24.3 Å². The molecule has 0 saturated carbocycles. The first-order valence-electron chi connectivity index (χ1n) is 9.32. The van der Waals surface area contributed by atoms with E-state index in [0.29, 0.717) is 23.7 Å². The highest BCUT2D eigenvalue weighted by Gasteiger charge is 2.47. The molecule has 1 fully saturated rings. The quantitative estimate of drug-likeness (QED) is 0.287. The summed E-state index contributed by atoms with van der Waals surface area (Å²) in [6, 6.07) is 9.03. The number of hydrogen-bond donors (Lipinski definition) is 2. The summed E-state index contributed by atoms with van der Waals surface area (Å²) in [6.45, 7) is 2.60. The number of nitrogens with zero attached hydrogens (tertiary/aromatic N) is 1. The molecule has 1 saturated heterocycles. The molecule has 1 aromatic carbocycles. The highest BCUT2D eigenvalue weighted by molar-refractivity contribution is 6.46. The van der Waals surface area contributed by atoms with Crippen molar-refractivity contribution in [1.29, 1.82) is 0 Å². The summed E-state index contributed by atoms with van der Waals surface area (Å²) < 4.78 is 16.1. The molecule has 0 bridgehead atoms. The average Bonchev–Trinajstić information content (AvgIpc) is 3.34. The standard InChI is InChI=1S/C21H23NO7/c1-2-28-15-7-5-14(6-8-15)19(24)17-18(16-4-3-11-29-16)22(21(26)20(17)25)9-12-27-13-10-23/h3-8,11,18,23-24H,2,9-10,12-13H2,1H3/b19-17+/t18-/m0/s1. The summed E-state index contributed by atoms with van der Waals surface area (Å²) in [5, 5.41) is 19.7. The minimum atomic E-state index is -0.866. The number of ketones is 1. The Kier molecular flexibility index (Phi) is 6.69. The molecule has 1 aliphatic heterocycles. The molecule has 3 rings (SSSR count). The summed E-state index contributed by atoms with van der Waals surface area (Å²) in [4.78, 5) is 26.7. The van der Waals surface area contributed by atoms with Crippen molar-refractivity contribution < 1.29 is 33.7 Å². The number of aliphatic hydroxyl groups is 2. The van der Waals surface area contributed by atoms with Crippen molar-refractivity contribution in [2.45, 2.75) is 13.0 Å². The lowest BCUT2D eigenvalue weighted by atomic mass is 9.99. The van der Waals surface area contributed by atoms with E-state index in [0.717, 1.165) is 0 Å². The molecule has 2 N–H and O–H groups in total. The third-order valence-electron chi connectivity index (χ3n) is 4.50. The van der Waals surface area contributed by atoms with Crippen molar-refractivity contribution in [1.82, 2.24) is 4.90 Å². The molecule has 1 aromatic heterocycles. The summed E-state index contributed by atoms with van der Waals surface area (Å²) in [6.07, 6.45) is 1.44. The van der Waals surface area contributed by atoms with Gasteiger partial charge in [0.25, 0.3) is 11.7 Å². The van der Waals surface area contributed by atoms with E-state index in [9.17, 15) is 14.7 Å². The molecule has 1 amide bonds. The number of ether oxygens (including phenoxy) is 2. The van der Waals surface area contributed by atoms with Crippen molar-refractivity contribution >= 4 is 17.4 Å². The van der Waals surface area contributed by atoms with Crippen LogP contribution in [0.15, 0.2) is 52.7 Å². The summed E-state index contributed by atoms with van der Waals surface area (Å²) >= 11 is 0. The Labute approximate surface area is 168 Å². The first-order chi connectivity index (χ1) is 14.1. The fourth-order valence-corrected chi connectivity index (χ4v) is 3.21. The topological polar surface area (TPSA) is 109 Å². The monoisotopic (exact) mass is 401 g/mol. The lowest BCUT2D eigenvalue weighted by molar-refractivity contribution is -0.140. The Morgan fingerprint density at radius 2 is 1.93 bits per heavy atom. The third kappa shape index (κ3) is 4.33. The van der Waals surface area contributed by atoms with Gasteiger partial charge in [0.05, 0.1) is 38.3 Å². The molecule has 0 spiro atoms. The molecule has 8 heteroatoms. The van der Waals surface area contributed by atoms with Gasteiger partial charge in [0.1, 0.15) is 23.3 Å². The summed E-state index contributed by atoms with van der Waals surface area (Å²) in [5.74, 6) is -0.829. The lowest BCUT2D eigenvalue weighted by Gasteiger charge is -2.23. The average molecular weight is 401 g/mol. The maximum absolute atomic E-state index is 12.7. The van der Waals surface area contributed by atoms with E-state index in [1.54, 1.807) is 36.4 Å². The van der Waals surface area contributed by atoms with Crippen molar-refractivity contribution in [2.24, 2.45) is 0 Å². The minimum absolute atomic E-state index is 0.0451. The normalized spacial score (nSPS) is 18.4. The number of furan rings is 1. The van der Waals surface area contributed by atoms with Gasteiger partial charge in [0.2, 0.25) is 0 Å². The number of carbonyl (C=O) groups is 2. The number of benzene rings is 1. The Bertz CT molecular complexity index is 871. The Balaban J connectivity index is 1.97. The van der Waals surface area contributed by atoms with Crippen LogP contribution in [0.25, 0.3) is 5.76 Å². The Morgan fingerprint density at radius 3 is 2.55 bits per heavy atom. The van der Waals surface area contributed by atoms with E-state index < -0.39 is 17.7 Å². The van der Waals surface area contributed by atoms with Gasteiger partial charge in [-0.1, -0.05) is 0 Å². The van der Waals surface area contributed by atoms with Gasteiger partial charge in [0, 0.05) is 12.1 Å². The number of carbonyl (C=O) groups excluding carboxylic acids is 2. The fraction of sp³-hybridized carbons (Fsp3) is 0.333. The maximum Gasteiger partial charge on any atom is 0.295 e. The van der Waals surface area contributed by atoms with Crippen LogP contribution in [0.5, 0.6) is 5.75 Å². The van der Waals surface area contributed by atoms with Crippen LogP contribution < -0.4 is 4.74 Å². The highest BCUT2D eigenvalue weighted by Crippen LogP contribution is 2.39. The van der Waals surface area contributed by atoms with Crippen LogP contribution in [0.3, 0.4) is 0 Å². The van der Waals surface area contributed by atoms with Crippen molar-refractivity contribution in [3.8, 4) is 5.75 Å². The largest absolute Gasteiger partial charge is 0.507 e. The van der Waals surface area contributed by atoms with E-state index in [-0.39, 0.29) is 37.7 Å². The van der Waals surface area contributed by atoms with Gasteiger partial charge >= 0.3 is 0 Å². The molecule has 1 atom stereocenters. The molecular weight excluding hydrogens is 378 g/mol. The zero-order valence-electron chi connectivity index (χ0n) is 16.0. The third-order valence-corrected chi connectivity index (χ3v) is 4.50. The van der Waals surface area contributed by atoms with E-state index in [1.165, 1.54) is 11.2 Å². The van der Waals surface area contributed by atoms with Gasteiger partial charge < -0.3 is 29.0 Å². The van der Waals surface area contributed by atoms with E-state index in [2.05, 4.69) is 0 Å². The van der Waals surface area contributed by atoms with Crippen molar-refractivity contribution in [3.63, 3.8) is 0 Å². The second kappa shape index (κ2) is 9.40. The van der Waals surface area contributed by atoms with Crippen molar-refractivity contribution in [2.75, 3.05) is 33.0 Å². The molecule has 2 aromatic rings. The number of hydrogen-bond acceptors (Lipinski definition) is 7. The number of Topliss-reactive ketones (excluding diaryl/α,β-unsaturated/α-hetero) is 1. The zero-order valence-corrected chi connectivity index (χ0v) is 16.0. The summed E-state index contributed by atoms with van der Waals surface area (Å²) in [7, 11) is 0. The minimum Gasteiger partial charge on any atom is -0.507 e. The first kappa shape index (κ1) is 20.6. The molecule has 2 heterocycles. The van der Waals surface area contributed by atoms with Gasteiger partial charge in [-0.2, -0.15) is 0 Å². The molecule has 0 radical (unpaired) electrons. The van der Waals surface area contributed by atoms with Gasteiger partial charge in [-0.25, -0.2) is 0 Å². The number of amides is 1. The molecule has 29 heavy (non-hydrogen) atoms. The Hall–Kier alpha value is -3.10. The van der Waals surface area contributed by atoms with Crippen LogP contribution in [-0.2, 0) is 14.3 Å². The van der Waals surface area contributed by atoms with Gasteiger partial charge in [0.15, 0.2) is 0 Å². The second-order valence-corrected chi connectivity index (χ2v) is 6.30. The van der Waals surface area contributed by atoms with Crippen LogP contribution >= 0.6 is 0 Å². The maximum atomic E-state index is 12.7. The molecule has 1 aliphatic rings. The number of aliphatic hydroxyl groups excluding tert-OH is 2. The predicted octanol–water partition coefficient (Wildman–Crippen LogP) is 2.11. The van der Waals surface area contributed by atoms with Crippen LogP contribution in [0.2, 0.25) is 0 Å². The first-order valence-corrected chi connectivity index (χ1v) is 9.32. The fourth-order valence-electron chi connectivity index (χ4n) is 3.21. The van der Waals surface area contributed by atoms with E-state index in [1.807, 2.05) is 6.92 Å². The Morgan fingerprint density at radius 1 is 1.17 bits per heavy atom. The van der Waals surface area contributed by atoms with Crippen LogP contribution in [-0.4, -0.2) is 59.8 Å². The van der Waals surface area contributed by atoms with Crippen molar-refractivity contribution in [3.05, 3.63) is 59.6 Å². The predicted molar refractivity (Wildman–Crippen MR) is 103 cm³/mol. The number of likely N-dealkylation sites (tertiary alicyclic amines) is 1. The molecule has 0 unspecified atom stereocenters. The van der Waals surface area contributed by atoms with Gasteiger partial charge in [-0.3, -0.25) is 9.59 Å². The molecule has 154 valence electrons. The van der Waals surface area contributed by atoms with Crippen LogP contribution in [0.4, 0.5) is 0 Å². The zero-order chi connectivity index (χ0) is 20.8. The SMILES string of the molecule is CCOc1ccc(/C(O)=C2\C(=O)C(=O)N(CCOCCO)[C@H]2c2ccco2)cc1. The highest BCUT2D eigenvalue weighted by atomic mass is 16.5. The van der Waals surface area contributed by atoms with E-state index in [4.69, 9.17) is 19.0 Å². The molecule has 0 aliphatic carbocycles. The molecule has 8 nitrogen and oxygen atoms in total. The summed E-state index contributed by atoms with van der Waals surface area (Å²) in [5.41, 5.74) is 0.343. The van der Waals surface area contributed by atoms with Crippen LogP contribution in [0, 0.1) is 0 Å².